The van der Waals surface area contributed by atoms with E-state index in [0.29, 0.717) is 13.0 Å². The Morgan fingerprint density at radius 3 is 2.80 bits per heavy atom. The van der Waals surface area contributed by atoms with Gasteiger partial charge in [0.2, 0.25) is 0 Å². The van der Waals surface area contributed by atoms with E-state index in [4.69, 9.17) is 4.42 Å². The van der Waals surface area contributed by atoms with Crippen molar-refractivity contribution in [2.75, 3.05) is 12.0 Å². The summed E-state index contributed by atoms with van der Waals surface area (Å²) in [6.07, 6.45) is 3.50. The maximum absolute atomic E-state index is 10.9. The number of nitrogens with one attached hydrogen (secondary N) is 1. The first-order chi connectivity index (χ1) is 6.97. The molecular formula is C10H17NO3S. The lowest BCUT2D eigenvalue weighted by Crippen LogP contribution is -2.27. The first kappa shape index (κ1) is 12.3. The molecule has 0 aliphatic heterocycles. The van der Waals surface area contributed by atoms with Gasteiger partial charge in [-0.05, 0) is 25.5 Å². The van der Waals surface area contributed by atoms with Gasteiger partial charge in [-0.15, -0.1) is 0 Å². The molecule has 0 fully saturated rings. The Bertz CT molecular complexity index is 369. The quantitative estimate of drug-likeness (QED) is 0.799. The topological polar surface area (TPSA) is 59.3 Å². The smallest absolute Gasteiger partial charge is 0.147 e. The van der Waals surface area contributed by atoms with E-state index in [9.17, 15) is 8.42 Å². The number of sulfone groups is 1. The maximum atomic E-state index is 10.9. The van der Waals surface area contributed by atoms with E-state index in [1.165, 1.54) is 6.26 Å². The molecule has 0 saturated heterocycles. The molecule has 0 aromatic carbocycles. The van der Waals surface area contributed by atoms with Crippen LogP contribution in [0.3, 0.4) is 0 Å². The molecule has 0 spiro atoms. The van der Waals surface area contributed by atoms with Gasteiger partial charge >= 0.3 is 0 Å². The summed E-state index contributed by atoms with van der Waals surface area (Å²) in [4.78, 5) is 0. The molecule has 0 aliphatic rings. The first-order valence-electron chi connectivity index (χ1n) is 4.91. The Labute approximate surface area is 90.6 Å². The molecule has 0 aliphatic carbocycles. The molecule has 0 amide bonds. The molecular weight excluding hydrogens is 214 g/mol. The zero-order valence-corrected chi connectivity index (χ0v) is 9.88. The zero-order chi connectivity index (χ0) is 11.3. The molecule has 0 radical (unpaired) electrons. The van der Waals surface area contributed by atoms with Crippen molar-refractivity contribution >= 4 is 9.84 Å². The Hall–Kier alpha value is -0.810. The number of rotatable bonds is 6. The van der Waals surface area contributed by atoms with E-state index in [1.54, 1.807) is 6.26 Å². The van der Waals surface area contributed by atoms with Crippen molar-refractivity contribution in [1.29, 1.82) is 0 Å². The van der Waals surface area contributed by atoms with Crippen LogP contribution in [0.15, 0.2) is 22.8 Å². The third-order valence-electron chi connectivity index (χ3n) is 2.13. The second-order valence-electron chi connectivity index (χ2n) is 3.78. The van der Waals surface area contributed by atoms with Crippen LogP contribution in [-0.4, -0.2) is 26.5 Å². The number of hydrogen-bond acceptors (Lipinski definition) is 4. The van der Waals surface area contributed by atoms with E-state index < -0.39 is 9.84 Å². The normalized spacial score (nSPS) is 14.0. The molecule has 0 saturated carbocycles. The van der Waals surface area contributed by atoms with Crippen molar-refractivity contribution in [1.82, 2.24) is 5.32 Å². The summed E-state index contributed by atoms with van der Waals surface area (Å²) in [6.45, 7) is 2.60. The second-order valence-corrected chi connectivity index (χ2v) is 6.04. The summed E-state index contributed by atoms with van der Waals surface area (Å²) >= 11 is 0. The summed E-state index contributed by atoms with van der Waals surface area (Å²) in [5.41, 5.74) is 0. The van der Waals surface area contributed by atoms with Crippen LogP contribution in [0, 0.1) is 0 Å². The Balaban J connectivity index is 2.22. The Morgan fingerprint density at radius 2 is 2.27 bits per heavy atom. The predicted molar refractivity (Wildman–Crippen MR) is 59.3 cm³/mol. The van der Waals surface area contributed by atoms with Crippen molar-refractivity contribution in [2.45, 2.75) is 25.9 Å². The van der Waals surface area contributed by atoms with Crippen LogP contribution >= 0.6 is 0 Å². The molecule has 1 aromatic heterocycles. The average molecular weight is 231 g/mol. The van der Waals surface area contributed by atoms with E-state index in [-0.39, 0.29) is 11.8 Å². The molecule has 5 heteroatoms. The fourth-order valence-electron chi connectivity index (χ4n) is 1.18. The Kier molecular flexibility index (Phi) is 4.35. The van der Waals surface area contributed by atoms with Crippen LogP contribution in [-0.2, 0) is 16.4 Å². The second kappa shape index (κ2) is 5.32. The molecule has 15 heavy (non-hydrogen) atoms. The van der Waals surface area contributed by atoms with Gasteiger partial charge in [-0.25, -0.2) is 8.42 Å². The van der Waals surface area contributed by atoms with E-state index in [0.717, 1.165) is 5.76 Å². The number of hydrogen-bond donors (Lipinski definition) is 1. The third kappa shape index (κ3) is 5.59. The molecule has 1 heterocycles. The van der Waals surface area contributed by atoms with Crippen molar-refractivity contribution in [3.05, 3.63) is 24.2 Å². The highest BCUT2D eigenvalue weighted by Crippen LogP contribution is 2.01. The van der Waals surface area contributed by atoms with Crippen molar-refractivity contribution in [2.24, 2.45) is 0 Å². The summed E-state index contributed by atoms with van der Waals surface area (Å²) in [5.74, 6) is 1.08. The first-order valence-corrected chi connectivity index (χ1v) is 6.97. The lowest BCUT2D eigenvalue weighted by Gasteiger charge is -2.11. The zero-order valence-electron chi connectivity index (χ0n) is 9.06. The lowest BCUT2D eigenvalue weighted by atomic mass is 10.2. The van der Waals surface area contributed by atoms with Gasteiger partial charge in [0.25, 0.3) is 0 Å². The van der Waals surface area contributed by atoms with Gasteiger partial charge in [0.15, 0.2) is 0 Å². The molecule has 1 N–H and O–H groups in total. The third-order valence-corrected chi connectivity index (χ3v) is 3.10. The monoisotopic (exact) mass is 231 g/mol. The van der Waals surface area contributed by atoms with Gasteiger partial charge in [0.1, 0.15) is 15.6 Å². The Morgan fingerprint density at radius 1 is 1.53 bits per heavy atom. The molecule has 1 aromatic rings. The van der Waals surface area contributed by atoms with Crippen molar-refractivity contribution < 1.29 is 12.8 Å². The van der Waals surface area contributed by atoms with Gasteiger partial charge in [-0.1, -0.05) is 0 Å². The van der Waals surface area contributed by atoms with E-state index in [1.807, 2.05) is 19.1 Å². The summed E-state index contributed by atoms with van der Waals surface area (Å²) in [7, 11) is -2.85. The van der Waals surface area contributed by atoms with Crippen LogP contribution in [0.1, 0.15) is 19.1 Å². The van der Waals surface area contributed by atoms with Gasteiger partial charge in [0, 0.05) is 12.3 Å². The minimum Gasteiger partial charge on any atom is -0.468 e. The summed E-state index contributed by atoms with van der Waals surface area (Å²) in [5, 5.41) is 3.20. The molecule has 1 unspecified atom stereocenters. The van der Waals surface area contributed by atoms with Gasteiger partial charge in [-0.3, -0.25) is 0 Å². The predicted octanol–water partition coefficient (Wildman–Crippen LogP) is 1.19. The van der Waals surface area contributed by atoms with Crippen molar-refractivity contribution in [3.63, 3.8) is 0 Å². The molecule has 1 atom stereocenters. The van der Waals surface area contributed by atoms with E-state index in [2.05, 4.69) is 5.32 Å². The SMILES string of the molecule is CC(CCS(C)(=O)=O)NCc1ccco1. The standard InChI is InChI=1S/C10H17NO3S/c1-9(5-7-15(2,12)13)11-8-10-4-3-6-14-10/h3-4,6,9,11H,5,7-8H2,1-2H3. The van der Waals surface area contributed by atoms with Gasteiger partial charge in [-0.2, -0.15) is 0 Å². The summed E-state index contributed by atoms with van der Waals surface area (Å²) in [6, 6.07) is 3.89. The summed E-state index contributed by atoms with van der Waals surface area (Å²) < 4.78 is 27.0. The molecule has 0 bridgehead atoms. The minimum atomic E-state index is -2.85. The fraction of sp³-hybridized carbons (Fsp3) is 0.600. The molecule has 1 rings (SSSR count). The average Bonchev–Trinajstić information content (AvgIpc) is 2.62. The highest BCUT2D eigenvalue weighted by molar-refractivity contribution is 7.90. The largest absolute Gasteiger partial charge is 0.468 e. The van der Waals surface area contributed by atoms with Gasteiger partial charge < -0.3 is 9.73 Å². The van der Waals surface area contributed by atoms with Crippen LogP contribution < -0.4 is 5.32 Å². The van der Waals surface area contributed by atoms with Crippen LogP contribution in [0.4, 0.5) is 0 Å². The van der Waals surface area contributed by atoms with E-state index >= 15 is 0 Å². The molecule has 4 nitrogen and oxygen atoms in total. The van der Waals surface area contributed by atoms with Gasteiger partial charge in [0.05, 0.1) is 18.6 Å². The fourth-order valence-corrected chi connectivity index (χ4v) is 1.96. The minimum absolute atomic E-state index is 0.171. The van der Waals surface area contributed by atoms with Crippen LogP contribution in [0.25, 0.3) is 0 Å². The lowest BCUT2D eigenvalue weighted by molar-refractivity contribution is 0.450. The van der Waals surface area contributed by atoms with Crippen LogP contribution in [0.2, 0.25) is 0 Å². The number of furan rings is 1. The highest BCUT2D eigenvalue weighted by Gasteiger charge is 2.07. The molecule has 86 valence electrons. The van der Waals surface area contributed by atoms with Crippen molar-refractivity contribution in [3.8, 4) is 0 Å². The van der Waals surface area contributed by atoms with Crippen LogP contribution in [0.5, 0.6) is 0 Å². The maximum Gasteiger partial charge on any atom is 0.147 e. The highest BCUT2D eigenvalue weighted by atomic mass is 32.2.